The third-order valence-corrected chi connectivity index (χ3v) is 8.83. The van der Waals surface area contributed by atoms with Gasteiger partial charge in [0.25, 0.3) is 5.91 Å². The largest absolute Gasteiger partial charge is 0.372 e. The summed E-state index contributed by atoms with van der Waals surface area (Å²) in [6.45, 7) is 8.21. The van der Waals surface area contributed by atoms with Gasteiger partial charge < -0.3 is 16.2 Å². The van der Waals surface area contributed by atoms with Gasteiger partial charge >= 0.3 is 0 Å². The summed E-state index contributed by atoms with van der Waals surface area (Å²) in [5.74, 6) is 0.538. The second-order valence-electron chi connectivity index (χ2n) is 11.5. The average Bonchev–Trinajstić information content (AvgIpc) is 3.51. The maximum absolute atomic E-state index is 13.9. The van der Waals surface area contributed by atoms with Crippen LogP contribution in [0.3, 0.4) is 0 Å². The molecule has 1 aliphatic heterocycles. The van der Waals surface area contributed by atoms with Gasteiger partial charge in [0.1, 0.15) is 23.4 Å². The van der Waals surface area contributed by atoms with Crippen molar-refractivity contribution in [1.82, 2.24) is 14.9 Å². The smallest absolute Gasteiger partial charge is 0.256 e. The van der Waals surface area contributed by atoms with Gasteiger partial charge in [0.05, 0.1) is 12.0 Å². The molecule has 1 spiro atoms. The lowest BCUT2D eigenvalue weighted by Gasteiger charge is -2.30. The van der Waals surface area contributed by atoms with Crippen molar-refractivity contribution in [3.63, 3.8) is 0 Å². The Bertz CT molecular complexity index is 1460. The summed E-state index contributed by atoms with van der Waals surface area (Å²) in [7, 11) is 0. The normalized spacial score (nSPS) is 22.4. The number of amides is 2. The Labute approximate surface area is 247 Å². The Morgan fingerprint density at radius 1 is 1.24 bits per heavy atom. The summed E-state index contributed by atoms with van der Waals surface area (Å²) in [6.07, 6.45) is 15.7. The molecule has 2 aromatic heterocycles. The van der Waals surface area contributed by atoms with Crippen LogP contribution in [0.4, 0.5) is 5.82 Å². The van der Waals surface area contributed by atoms with Crippen molar-refractivity contribution in [3.8, 4) is 0 Å². The number of anilines is 1. The van der Waals surface area contributed by atoms with Crippen LogP contribution < -0.4 is 11.1 Å². The first kappa shape index (κ1) is 29.4. The highest BCUT2D eigenvalue weighted by molar-refractivity contribution is 6.17. The minimum atomic E-state index is -1.11. The molecule has 2 aromatic rings. The van der Waals surface area contributed by atoms with Gasteiger partial charge in [0, 0.05) is 24.2 Å². The third kappa shape index (κ3) is 5.41. The number of aromatic nitrogens is 2. The number of nitrogens with zero attached hydrogens (tertiary/aromatic N) is 4. The highest BCUT2D eigenvalue weighted by Crippen LogP contribution is 2.41. The zero-order valence-electron chi connectivity index (χ0n) is 24.5. The molecule has 220 valence electrons. The zero-order chi connectivity index (χ0) is 29.9. The van der Waals surface area contributed by atoms with E-state index in [9.17, 15) is 14.7 Å². The van der Waals surface area contributed by atoms with Crippen molar-refractivity contribution < 1.29 is 14.7 Å². The summed E-state index contributed by atoms with van der Waals surface area (Å²) in [5, 5.41) is 14.3. The highest BCUT2D eigenvalue weighted by atomic mass is 16.3. The number of rotatable bonds is 10. The Balaban J connectivity index is 1.38. The molecule has 3 heterocycles. The Hall–Kier alpha value is -4.11. The van der Waals surface area contributed by atoms with Crippen molar-refractivity contribution in [3.05, 3.63) is 89.4 Å². The Morgan fingerprint density at radius 3 is 2.67 bits per heavy atom. The average molecular weight is 569 g/mol. The molecular weight excluding hydrogens is 528 g/mol. The summed E-state index contributed by atoms with van der Waals surface area (Å²) < 4.78 is 0. The van der Waals surface area contributed by atoms with Crippen LogP contribution >= 0.6 is 0 Å². The lowest BCUT2D eigenvalue weighted by atomic mass is 9.78. The number of fused-ring (bicyclic) bond motifs is 1. The predicted octanol–water partition coefficient (Wildman–Crippen LogP) is 4.14. The van der Waals surface area contributed by atoms with Crippen molar-refractivity contribution >= 4 is 23.5 Å². The number of aliphatic hydroxyl groups excluding tert-OH is 1. The second kappa shape index (κ2) is 12.0. The summed E-state index contributed by atoms with van der Waals surface area (Å²) in [6, 6.07) is 5.52. The molecule has 3 aliphatic rings. The van der Waals surface area contributed by atoms with Crippen LogP contribution in [-0.4, -0.2) is 55.9 Å². The molecule has 2 atom stereocenters. The van der Waals surface area contributed by atoms with Crippen LogP contribution in [0.1, 0.15) is 69.1 Å². The number of aliphatic hydroxyl groups is 1. The van der Waals surface area contributed by atoms with Crippen molar-refractivity contribution in [2.75, 3.05) is 11.9 Å². The quantitative estimate of drug-likeness (QED) is 0.291. The number of aliphatic imine (C=N–C) groups is 1. The molecule has 42 heavy (non-hydrogen) atoms. The van der Waals surface area contributed by atoms with Crippen molar-refractivity contribution in [2.45, 2.75) is 82.4 Å². The minimum Gasteiger partial charge on any atom is -0.372 e. The predicted molar refractivity (Wildman–Crippen MR) is 164 cm³/mol. The molecule has 1 fully saturated rings. The van der Waals surface area contributed by atoms with Gasteiger partial charge in [0.2, 0.25) is 5.91 Å². The van der Waals surface area contributed by atoms with E-state index in [2.05, 4.69) is 21.9 Å². The van der Waals surface area contributed by atoms with E-state index in [1.165, 1.54) is 0 Å². The number of pyridine rings is 2. The zero-order valence-corrected chi connectivity index (χ0v) is 24.5. The first-order chi connectivity index (χ1) is 20.2. The molecule has 1 saturated carbocycles. The number of amidine groups is 1. The van der Waals surface area contributed by atoms with E-state index in [0.29, 0.717) is 43.8 Å². The molecule has 2 aliphatic carbocycles. The third-order valence-electron chi connectivity index (χ3n) is 8.83. The van der Waals surface area contributed by atoms with Crippen LogP contribution in [0, 0.1) is 0 Å². The minimum absolute atomic E-state index is 0.00324. The van der Waals surface area contributed by atoms with Gasteiger partial charge in [-0.25, -0.2) is 4.98 Å². The van der Waals surface area contributed by atoms with Gasteiger partial charge in [-0.1, -0.05) is 57.1 Å². The van der Waals surface area contributed by atoms with E-state index in [-0.39, 0.29) is 12.5 Å². The molecule has 9 nitrogen and oxygen atoms in total. The molecule has 0 radical (unpaired) electrons. The fourth-order valence-electron chi connectivity index (χ4n) is 6.43. The second-order valence-corrected chi connectivity index (χ2v) is 11.5. The fraction of sp³-hybridized carbons (Fsp3) is 0.424. The van der Waals surface area contributed by atoms with Crippen LogP contribution in [0.25, 0.3) is 0 Å². The SMILES string of the molecule is C=C(CC)/C(=C\C=C/C)C1=NC2(CCCCC2)C(=O)N1CC(O)Nc1cc2c(cn1)CC(C(N)=O)(c1cccnc1)C2. The lowest BCUT2D eigenvalue weighted by Crippen LogP contribution is -2.48. The summed E-state index contributed by atoms with van der Waals surface area (Å²) in [5.41, 5.74) is 8.56. The van der Waals surface area contributed by atoms with Crippen LogP contribution in [0.5, 0.6) is 0 Å². The van der Waals surface area contributed by atoms with Gasteiger partial charge in [0.15, 0.2) is 0 Å². The highest BCUT2D eigenvalue weighted by Gasteiger charge is 2.50. The van der Waals surface area contributed by atoms with Crippen molar-refractivity contribution in [2.24, 2.45) is 10.7 Å². The van der Waals surface area contributed by atoms with Gasteiger partial charge in [-0.2, -0.15) is 0 Å². The van der Waals surface area contributed by atoms with Crippen LogP contribution in [0.2, 0.25) is 0 Å². The number of hydrogen-bond donors (Lipinski definition) is 3. The van der Waals surface area contributed by atoms with E-state index in [0.717, 1.165) is 47.1 Å². The van der Waals surface area contributed by atoms with Crippen LogP contribution in [0.15, 0.2) is 77.7 Å². The van der Waals surface area contributed by atoms with Gasteiger partial charge in [-0.3, -0.25) is 24.5 Å². The summed E-state index contributed by atoms with van der Waals surface area (Å²) in [4.78, 5) is 42.0. The number of hydrogen-bond acceptors (Lipinski definition) is 7. The van der Waals surface area contributed by atoms with Crippen molar-refractivity contribution in [1.29, 1.82) is 0 Å². The molecule has 5 rings (SSSR count). The van der Waals surface area contributed by atoms with Gasteiger partial charge in [-0.15, -0.1) is 0 Å². The van der Waals surface area contributed by atoms with E-state index < -0.39 is 23.1 Å². The molecule has 2 unspecified atom stereocenters. The molecule has 0 saturated heterocycles. The molecular formula is C33H40N6O3. The molecule has 0 aromatic carbocycles. The maximum atomic E-state index is 13.9. The Morgan fingerprint density at radius 2 is 2.00 bits per heavy atom. The monoisotopic (exact) mass is 568 g/mol. The van der Waals surface area contributed by atoms with E-state index in [1.807, 2.05) is 44.2 Å². The van der Waals surface area contributed by atoms with E-state index in [1.54, 1.807) is 29.6 Å². The first-order valence-corrected chi connectivity index (χ1v) is 14.8. The number of nitrogens with two attached hydrogens (primary N) is 1. The topological polar surface area (TPSA) is 134 Å². The van der Waals surface area contributed by atoms with E-state index in [4.69, 9.17) is 10.7 Å². The number of primary amides is 1. The van der Waals surface area contributed by atoms with E-state index >= 15 is 0 Å². The number of carbonyl (C=O) groups is 2. The Kier molecular flexibility index (Phi) is 8.41. The lowest BCUT2D eigenvalue weighted by molar-refractivity contribution is -0.133. The number of nitrogens with one attached hydrogen (secondary N) is 1. The standard InChI is InChI=1S/C33H40N6O3/c1-4-6-12-26(22(3)5-2)29-38-33(13-8-7-9-14-33)31(42)39(29)21-28(40)37-27-16-23-17-32(30(34)41,18-24(23)19-36-27)25-11-10-15-35-20-25/h4,6,10-12,15-16,19-20,28,40H,3,5,7-9,13-14,17-18,21H2,1-2H3,(H2,34,41)(H,36,37)/b6-4-,26-12+. The maximum Gasteiger partial charge on any atom is 0.256 e. The fourth-order valence-corrected chi connectivity index (χ4v) is 6.43. The number of β-amino-alcohol motifs (C(OH)–C–C–N with tert-alkyl or cyclic N) is 1. The number of allylic oxidation sites excluding steroid dienone is 3. The molecule has 0 bridgehead atoms. The first-order valence-electron chi connectivity index (χ1n) is 14.8. The molecule has 4 N–H and O–H groups in total. The molecule has 2 amide bonds. The van der Waals surface area contributed by atoms with Crippen LogP contribution in [-0.2, 0) is 27.8 Å². The van der Waals surface area contributed by atoms with Gasteiger partial charge in [-0.05, 0) is 73.4 Å². The summed E-state index contributed by atoms with van der Waals surface area (Å²) >= 11 is 0. The molecule has 9 heteroatoms. The number of carbonyl (C=O) groups excluding carboxylic acids is 2.